The van der Waals surface area contributed by atoms with Crippen LogP contribution in [0.4, 0.5) is 0 Å². The summed E-state index contributed by atoms with van der Waals surface area (Å²) in [7, 11) is 1.67. The van der Waals surface area contributed by atoms with Crippen LogP contribution in [-0.2, 0) is 11.2 Å². The molecule has 7 nitrogen and oxygen atoms in total. The minimum atomic E-state index is 0.126. The summed E-state index contributed by atoms with van der Waals surface area (Å²) in [5, 5.41) is 4.23. The molecule has 0 spiro atoms. The van der Waals surface area contributed by atoms with Crippen LogP contribution in [0.3, 0.4) is 0 Å². The molecule has 0 bridgehead atoms. The average molecular weight is 379 g/mol. The van der Waals surface area contributed by atoms with E-state index in [1.54, 1.807) is 11.6 Å². The summed E-state index contributed by atoms with van der Waals surface area (Å²) in [5.74, 6) is 1.61. The van der Waals surface area contributed by atoms with E-state index >= 15 is 0 Å². The molecule has 7 heteroatoms. The van der Waals surface area contributed by atoms with Crippen LogP contribution in [0.5, 0.6) is 5.75 Å². The molecule has 146 valence electrons. The molecule has 0 saturated carbocycles. The van der Waals surface area contributed by atoms with E-state index in [-0.39, 0.29) is 11.9 Å². The highest BCUT2D eigenvalue weighted by Gasteiger charge is 2.30. The Morgan fingerprint density at radius 3 is 3.00 bits per heavy atom. The summed E-state index contributed by atoms with van der Waals surface area (Å²) in [6, 6.07) is 8.16. The van der Waals surface area contributed by atoms with Crippen molar-refractivity contribution in [3.8, 4) is 5.75 Å². The van der Waals surface area contributed by atoms with E-state index in [2.05, 4.69) is 21.1 Å². The summed E-state index contributed by atoms with van der Waals surface area (Å²) < 4.78 is 7.08. The lowest BCUT2D eigenvalue weighted by Crippen LogP contribution is -2.30. The fourth-order valence-corrected chi connectivity index (χ4v) is 4.15. The van der Waals surface area contributed by atoms with Crippen LogP contribution in [0.1, 0.15) is 47.8 Å². The highest BCUT2D eigenvalue weighted by molar-refractivity contribution is 5.77. The topological polar surface area (TPSA) is 72.6 Å². The zero-order chi connectivity index (χ0) is 19.7. The molecule has 4 rings (SSSR count). The normalized spacial score (nSPS) is 16.7. The van der Waals surface area contributed by atoms with E-state index in [4.69, 9.17) is 4.74 Å². The Morgan fingerprint density at radius 2 is 2.18 bits per heavy atom. The number of benzene rings is 1. The summed E-state index contributed by atoms with van der Waals surface area (Å²) in [6.07, 6.45) is 4.64. The number of amides is 1. The van der Waals surface area contributed by atoms with Crippen LogP contribution in [0.2, 0.25) is 0 Å². The Balaban J connectivity index is 1.50. The van der Waals surface area contributed by atoms with Gasteiger partial charge in [0.25, 0.3) is 5.78 Å². The van der Waals surface area contributed by atoms with Gasteiger partial charge in [-0.05, 0) is 56.4 Å². The zero-order valence-corrected chi connectivity index (χ0v) is 16.6. The molecular weight excluding hydrogens is 354 g/mol. The number of aryl methyl sites for hydroxylation is 2. The Labute approximate surface area is 164 Å². The minimum Gasteiger partial charge on any atom is -0.497 e. The van der Waals surface area contributed by atoms with Gasteiger partial charge >= 0.3 is 0 Å². The molecule has 1 unspecified atom stereocenters. The molecule has 1 fully saturated rings. The number of rotatable bonds is 5. The first-order chi connectivity index (χ1) is 13.6. The number of hydrogen-bond donors (Lipinski definition) is 0. The van der Waals surface area contributed by atoms with E-state index < -0.39 is 0 Å². The van der Waals surface area contributed by atoms with E-state index in [0.29, 0.717) is 18.6 Å². The third kappa shape index (κ3) is 3.32. The van der Waals surface area contributed by atoms with E-state index in [9.17, 15) is 4.79 Å². The second-order valence-electron chi connectivity index (χ2n) is 7.25. The standard InChI is InChI=1S/C21H25N5O2/c1-14-18(15(2)26-21(24-14)22-13-23-26)9-10-20(27)25-11-5-8-19(25)16-6-4-7-17(12-16)28-3/h4,6-7,12-13,19H,5,8-11H2,1-3H3. The largest absolute Gasteiger partial charge is 0.497 e. The molecule has 1 aromatic carbocycles. The quantitative estimate of drug-likeness (QED) is 0.681. The molecule has 3 heterocycles. The number of carbonyl (C=O) groups excluding carboxylic acids is 1. The van der Waals surface area contributed by atoms with Crippen molar-refractivity contribution in [3.63, 3.8) is 0 Å². The molecule has 2 aromatic heterocycles. The first kappa shape index (κ1) is 18.4. The third-order valence-electron chi connectivity index (χ3n) is 5.63. The van der Waals surface area contributed by atoms with Gasteiger partial charge in [0, 0.05) is 24.4 Å². The molecule has 0 radical (unpaired) electrons. The third-order valence-corrected chi connectivity index (χ3v) is 5.63. The van der Waals surface area contributed by atoms with Crippen molar-refractivity contribution in [2.45, 2.75) is 45.6 Å². The van der Waals surface area contributed by atoms with Gasteiger partial charge in [-0.3, -0.25) is 4.79 Å². The molecule has 3 aromatic rings. The van der Waals surface area contributed by atoms with Crippen molar-refractivity contribution in [1.29, 1.82) is 0 Å². The Morgan fingerprint density at radius 1 is 1.32 bits per heavy atom. The number of methoxy groups -OCH3 is 1. The van der Waals surface area contributed by atoms with Crippen molar-refractivity contribution in [3.05, 3.63) is 53.1 Å². The summed E-state index contributed by atoms with van der Waals surface area (Å²) in [4.78, 5) is 23.7. The van der Waals surface area contributed by atoms with Gasteiger partial charge in [0.15, 0.2) is 0 Å². The van der Waals surface area contributed by atoms with Crippen molar-refractivity contribution in [2.24, 2.45) is 0 Å². The fraction of sp³-hybridized carbons (Fsp3) is 0.429. The molecule has 1 amide bonds. The highest BCUT2D eigenvalue weighted by atomic mass is 16.5. The predicted molar refractivity (Wildman–Crippen MR) is 105 cm³/mol. The maximum Gasteiger partial charge on any atom is 0.252 e. The van der Waals surface area contributed by atoms with Crippen LogP contribution in [0.25, 0.3) is 5.78 Å². The van der Waals surface area contributed by atoms with Crippen molar-refractivity contribution < 1.29 is 9.53 Å². The van der Waals surface area contributed by atoms with Crippen LogP contribution >= 0.6 is 0 Å². The maximum absolute atomic E-state index is 13.0. The fourth-order valence-electron chi connectivity index (χ4n) is 4.15. The Kier molecular flexibility index (Phi) is 4.98. The molecule has 1 atom stereocenters. The van der Waals surface area contributed by atoms with Crippen molar-refractivity contribution in [2.75, 3.05) is 13.7 Å². The Hall–Kier alpha value is -2.96. The van der Waals surface area contributed by atoms with Crippen LogP contribution in [-0.4, -0.2) is 44.0 Å². The van der Waals surface area contributed by atoms with E-state index in [1.807, 2.05) is 36.9 Å². The monoisotopic (exact) mass is 379 g/mol. The van der Waals surface area contributed by atoms with Crippen molar-refractivity contribution in [1.82, 2.24) is 24.5 Å². The second kappa shape index (κ2) is 7.58. The molecule has 1 aliphatic heterocycles. The van der Waals surface area contributed by atoms with Crippen LogP contribution in [0, 0.1) is 13.8 Å². The lowest BCUT2D eigenvalue weighted by molar-refractivity contribution is -0.132. The van der Waals surface area contributed by atoms with E-state index in [1.165, 1.54) is 6.33 Å². The van der Waals surface area contributed by atoms with Gasteiger partial charge in [0.2, 0.25) is 5.91 Å². The predicted octanol–water partition coefficient (Wildman–Crippen LogP) is 3.05. The van der Waals surface area contributed by atoms with Crippen LogP contribution in [0.15, 0.2) is 30.6 Å². The molecule has 1 saturated heterocycles. The minimum absolute atomic E-state index is 0.126. The smallest absolute Gasteiger partial charge is 0.252 e. The number of hydrogen-bond acceptors (Lipinski definition) is 5. The van der Waals surface area contributed by atoms with Crippen LogP contribution < -0.4 is 4.74 Å². The molecule has 0 aliphatic carbocycles. The number of aromatic nitrogens is 4. The Bertz CT molecular complexity index is 1010. The molecule has 0 N–H and O–H groups in total. The average Bonchev–Trinajstić information content (AvgIpc) is 3.37. The highest BCUT2D eigenvalue weighted by Crippen LogP contribution is 2.34. The SMILES string of the molecule is COc1cccc(C2CCCN2C(=O)CCc2c(C)nc3ncnn3c2C)c1. The van der Waals surface area contributed by atoms with Gasteiger partial charge in [-0.1, -0.05) is 12.1 Å². The number of fused-ring (bicyclic) bond motifs is 1. The van der Waals surface area contributed by atoms with Gasteiger partial charge in [0.1, 0.15) is 12.1 Å². The van der Waals surface area contributed by atoms with Gasteiger partial charge in [-0.25, -0.2) is 9.50 Å². The van der Waals surface area contributed by atoms with E-state index in [0.717, 1.165) is 47.7 Å². The molecule has 1 aliphatic rings. The zero-order valence-electron chi connectivity index (χ0n) is 16.6. The molecule has 28 heavy (non-hydrogen) atoms. The van der Waals surface area contributed by atoms with Gasteiger partial charge in [-0.2, -0.15) is 10.1 Å². The number of carbonyl (C=O) groups is 1. The molecular formula is C21H25N5O2. The maximum atomic E-state index is 13.0. The first-order valence-electron chi connectivity index (χ1n) is 9.67. The summed E-state index contributed by atoms with van der Waals surface area (Å²) >= 11 is 0. The van der Waals surface area contributed by atoms with Gasteiger partial charge < -0.3 is 9.64 Å². The van der Waals surface area contributed by atoms with Gasteiger partial charge in [0.05, 0.1) is 13.2 Å². The summed E-state index contributed by atoms with van der Waals surface area (Å²) in [5.41, 5.74) is 4.13. The van der Waals surface area contributed by atoms with Crippen molar-refractivity contribution >= 4 is 11.7 Å². The number of likely N-dealkylation sites (tertiary alicyclic amines) is 1. The number of ether oxygens (including phenoxy) is 1. The summed E-state index contributed by atoms with van der Waals surface area (Å²) in [6.45, 7) is 4.78. The lowest BCUT2D eigenvalue weighted by Gasteiger charge is -2.25. The first-order valence-corrected chi connectivity index (χ1v) is 9.67. The second-order valence-corrected chi connectivity index (χ2v) is 7.25. The lowest BCUT2D eigenvalue weighted by atomic mass is 10.0. The van der Waals surface area contributed by atoms with Gasteiger partial charge in [-0.15, -0.1) is 0 Å². The number of nitrogens with zero attached hydrogens (tertiary/aromatic N) is 5.